The Bertz CT molecular complexity index is 867. The molecule has 3 aromatic rings. The number of methoxy groups -OCH3 is 1. The van der Waals surface area contributed by atoms with Crippen LogP contribution < -0.4 is 4.74 Å². The van der Waals surface area contributed by atoms with Crippen molar-refractivity contribution in [3.63, 3.8) is 0 Å². The van der Waals surface area contributed by atoms with Crippen LogP contribution in [0.4, 0.5) is 0 Å². The van der Waals surface area contributed by atoms with E-state index >= 15 is 0 Å². The molecule has 0 unspecified atom stereocenters. The molecule has 24 heavy (non-hydrogen) atoms. The van der Waals surface area contributed by atoms with E-state index in [1.807, 2.05) is 59.3 Å². The third-order valence-electron chi connectivity index (χ3n) is 3.47. The van der Waals surface area contributed by atoms with Gasteiger partial charge in [0.1, 0.15) is 5.75 Å². The van der Waals surface area contributed by atoms with E-state index in [-0.39, 0.29) is 0 Å². The fourth-order valence-electron chi connectivity index (χ4n) is 2.34. The number of rotatable bonds is 5. The first-order valence-corrected chi connectivity index (χ1v) is 8.57. The van der Waals surface area contributed by atoms with E-state index in [1.54, 1.807) is 7.11 Å². The molecule has 0 atom stereocenters. The highest BCUT2D eigenvalue weighted by atomic mass is 35.5. The summed E-state index contributed by atoms with van der Waals surface area (Å²) in [5.41, 5.74) is 2.91. The van der Waals surface area contributed by atoms with Gasteiger partial charge in [0.25, 0.3) is 0 Å². The standard InChI is InChI=1S/C18H14ClN3OS/c1-23-16-8-2-13(3-9-16)17-12-21-18(24-11-10-20)22(17)15-6-4-14(19)5-7-15/h2-9,12H,11H2,1H3. The molecule has 6 heteroatoms. The SMILES string of the molecule is COc1ccc(-c2cnc(SCC#N)n2-c2ccc(Cl)cc2)cc1. The van der Waals surface area contributed by atoms with E-state index in [0.717, 1.165) is 27.9 Å². The Kier molecular flexibility index (Phi) is 5.09. The fourth-order valence-corrected chi connectivity index (χ4v) is 3.12. The zero-order chi connectivity index (χ0) is 16.9. The number of hydrogen-bond donors (Lipinski definition) is 0. The summed E-state index contributed by atoms with van der Waals surface area (Å²) in [7, 11) is 1.64. The summed E-state index contributed by atoms with van der Waals surface area (Å²) in [6.07, 6.45) is 1.82. The lowest BCUT2D eigenvalue weighted by atomic mass is 10.1. The summed E-state index contributed by atoms with van der Waals surface area (Å²) in [6.45, 7) is 0. The molecular formula is C18H14ClN3OS. The smallest absolute Gasteiger partial charge is 0.174 e. The Labute approximate surface area is 149 Å². The van der Waals surface area contributed by atoms with Crippen molar-refractivity contribution < 1.29 is 4.74 Å². The molecule has 0 N–H and O–H groups in total. The lowest BCUT2D eigenvalue weighted by Gasteiger charge is -2.12. The van der Waals surface area contributed by atoms with E-state index in [2.05, 4.69) is 11.1 Å². The van der Waals surface area contributed by atoms with Gasteiger partial charge >= 0.3 is 0 Å². The maximum absolute atomic E-state index is 8.87. The molecule has 0 spiro atoms. The van der Waals surface area contributed by atoms with Crippen LogP contribution in [0.3, 0.4) is 0 Å². The fraction of sp³-hybridized carbons (Fsp3) is 0.111. The summed E-state index contributed by atoms with van der Waals surface area (Å²) in [4.78, 5) is 4.48. The van der Waals surface area contributed by atoms with Crippen LogP contribution >= 0.6 is 23.4 Å². The topological polar surface area (TPSA) is 50.8 Å². The second-order valence-electron chi connectivity index (χ2n) is 4.91. The van der Waals surface area contributed by atoms with E-state index < -0.39 is 0 Å². The summed E-state index contributed by atoms with van der Waals surface area (Å²) in [5.74, 6) is 1.14. The number of benzene rings is 2. The Balaban J connectivity index is 2.09. The average Bonchev–Trinajstić information content (AvgIpc) is 3.04. The summed E-state index contributed by atoms with van der Waals surface area (Å²) < 4.78 is 7.24. The highest BCUT2D eigenvalue weighted by Gasteiger charge is 2.14. The normalized spacial score (nSPS) is 10.4. The molecule has 0 aliphatic carbocycles. The van der Waals surface area contributed by atoms with Gasteiger partial charge in [-0.05, 0) is 48.5 Å². The van der Waals surface area contributed by atoms with Gasteiger partial charge in [-0.25, -0.2) is 4.98 Å². The van der Waals surface area contributed by atoms with Crippen molar-refractivity contribution in [3.8, 4) is 28.8 Å². The average molecular weight is 356 g/mol. The van der Waals surface area contributed by atoms with Crippen molar-refractivity contribution in [2.24, 2.45) is 0 Å². The summed E-state index contributed by atoms with van der Waals surface area (Å²) >= 11 is 7.40. The van der Waals surface area contributed by atoms with Gasteiger partial charge in [0.15, 0.2) is 5.16 Å². The monoisotopic (exact) mass is 355 g/mol. The number of aromatic nitrogens is 2. The molecule has 0 radical (unpaired) electrons. The minimum atomic E-state index is 0.340. The van der Waals surface area contributed by atoms with Gasteiger partial charge in [-0.3, -0.25) is 4.57 Å². The Hall–Kier alpha value is -2.42. The van der Waals surface area contributed by atoms with Gasteiger partial charge in [0, 0.05) is 16.3 Å². The van der Waals surface area contributed by atoms with E-state index in [4.69, 9.17) is 21.6 Å². The minimum absolute atomic E-state index is 0.340. The molecule has 0 saturated carbocycles. The molecule has 0 saturated heterocycles. The van der Waals surface area contributed by atoms with Crippen molar-refractivity contribution in [2.45, 2.75) is 5.16 Å². The molecule has 4 nitrogen and oxygen atoms in total. The maximum atomic E-state index is 8.87. The van der Waals surface area contributed by atoms with Crippen molar-refractivity contribution in [3.05, 3.63) is 59.8 Å². The molecule has 1 aromatic heterocycles. The van der Waals surface area contributed by atoms with Crippen LogP contribution in [0.5, 0.6) is 5.75 Å². The van der Waals surface area contributed by atoms with Crippen LogP contribution in [0.2, 0.25) is 5.02 Å². The van der Waals surface area contributed by atoms with E-state index in [0.29, 0.717) is 10.8 Å². The predicted octanol–water partition coefficient (Wildman–Crippen LogP) is 4.82. The lowest BCUT2D eigenvalue weighted by molar-refractivity contribution is 0.415. The Morgan fingerprint density at radius 2 is 1.88 bits per heavy atom. The zero-order valence-electron chi connectivity index (χ0n) is 12.9. The number of nitriles is 1. The Morgan fingerprint density at radius 1 is 1.17 bits per heavy atom. The van der Waals surface area contributed by atoms with Crippen molar-refractivity contribution >= 4 is 23.4 Å². The zero-order valence-corrected chi connectivity index (χ0v) is 14.5. The third kappa shape index (κ3) is 3.40. The second kappa shape index (κ2) is 7.43. The predicted molar refractivity (Wildman–Crippen MR) is 96.9 cm³/mol. The highest BCUT2D eigenvalue weighted by molar-refractivity contribution is 7.99. The number of nitrogens with zero attached hydrogens (tertiary/aromatic N) is 3. The molecule has 0 bridgehead atoms. The quantitative estimate of drug-likeness (QED) is 0.616. The van der Waals surface area contributed by atoms with Gasteiger partial charge in [-0.2, -0.15) is 5.26 Å². The highest BCUT2D eigenvalue weighted by Crippen LogP contribution is 2.31. The van der Waals surface area contributed by atoms with E-state index in [1.165, 1.54) is 11.8 Å². The largest absolute Gasteiger partial charge is 0.497 e. The first-order valence-electron chi connectivity index (χ1n) is 7.21. The minimum Gasteiger partial charge on any atom is -0.497 e. The third-order valence-corrected chi connectivity index (χ3v) is 4.54. The first kappa shape index (κ1) is 16.4. The van der Waals surface area contributed by atoms with Crippen molar-refractivity contribution in [2.75, 3.05) is 12.9 Å². The van der Waals surface area contributed by atoms with Crippen LogP contribution in [-0.2, 0) is 0 Å². The number of ether oxygens (including phenoxy) is 1. The molecule has 3 rings (SSSR count). The van der Waals surface area contributed by atoms with Gasteiger partial charge in [-0.1, -0.05) is 23.4 Å². The Morgan fingerprint density at radius 3 is 2.50 bits per heavy atom. The van der Waals surface area contributed by atoms with Gasteiger partial charge in [0.05, 0.1) is 30.8 Å². The molecule has 1 heterocycles. The molecule has 0 aliphatic heterocycles. The number of hydrogen-bond acceptors (Lipinski definition) is 4. The molecular weight excluding hydrogens is 342 g/mol. The summed E-state index contributed by atoms with van der Waals surface area (Å²) in [6, 6.07) is 17.5. The number of halogens is 1. The molecule has 120 valence electrons. The maximum Gasteiger partial charge on any atom is 0.174 e. The van der Waals surface area contributed by atoms with Crippen LogP contribution in [0.1, 0.15) is 0 Å². The number of imidazole rings is 1. The van der Waals surface area contributed by atoms with Crippen LogP contribution in [0, 0.1) is 11.3 Å². The van der Waals surface area contributed by atoms with Crippen LogP contribution in [0.25, 0.3) is 16.9 Å². The first-order chi connectivity index (χ1) is 11.7. The van der Waals surface area contributed by atoms with Crippen LogP contribution in [-0.4, -0.2) is 22.4 Å². The van der Waals surface area contributed by atoms with Gasteiger partial charge < -0.3 is 4.74 Å². The van der Waals surface area contributed by atoms with Gasteiger partial charge in [-0.15, -0.1) is 0 Å². The molecule has 0 aliphatic rings. The molecule has 0 amide bonds. The van der Waals surface area contributed by atoms with Crippen molar-refractivity contribution in [1.29, 1.82) is 5.26 Å². The molecule has 0 fully saturated rings. The summed E-state index contributed by atoms with van der Waals surface area (Å²) in [5, 5.41) is 10.3. The van der Waals surface area contributed by atoms with Crippen LogP contribution in [0.15, 0.2) is 59.9 Å². The lowest BCUT2D eigenvalue weighted by Crippen LogP contribution is -1.99. The molecule has 2 aromatic carbocycles. The number of thioether (sulfide) groups is 1. The van der Waals surface area contributed by atoms with Crippen molar-refractivity contribution in [1.82, 2.24) is 9.55 Å². The van der Waals surface area contributed by atoms with E-state index in [9.17, 15) is 0 Å². The van der Waals surface area contributed by atoms with Gasteiger partial charge in [0.2, 0.25) is 0 Å². The second-order valence-corrected chi connectivity index (χ2v) is 6.29.